The Labute approximate surface area is 174 Å². The summed E-state index contributed by atoms with van der Waals surface area (Å²) in [6.45, 7) is 0.431. The monoisotopic (exact) mass is 406 g/mol. The Hall–Kier alpha value is -3.25. The Kier molecular flexibility index (Phi) is 5.77. The van der Waals surface area contributed by atoms with E-state index in [0.717, 1.165) is 16.7 Å². The largest absolute Gasteiger partial charge is 0.481 e. The third-order valence-electron chi connectivity index (χ3n) is 5.66. The first-order valence-electron chi connectivity index (χ1n) is 9.89. The quantitative estimate of drug-likeness (QED) is 0.644. The molecular weight excluding hydrogens is 383 g/mol. The van der Waals surface area contributed by atoms with Crippen molar-refractivity contribution in [1.29, 1.82) is 0 Å². The fourth-order valence-electron chi connectivity index (χ4n) is 4.20. The summed E-state index contributed by atoms with van der Waals surface area (Å²) in [6.07, 6.45) is 2.79. The number of nitrogens with zero attached hydrogens (tertiary/aromatic N) is 2. The van der Waals surface area contributed by atoms with E-state index in [9.17, 15) is 14.3 Å². The van der Waals surface area contributed by atoms with Gasteiger partial charge in [0.2, 0.25) is 5.88 Å². The molecule has 1 aliphatic rings. The Balaban J connectivity index is 1.60. The van der Waals surface area contributed by atoms with Crippen LogP contribution in [0.4, 0.5) is 4.39 Å². The molecule has 30 heavy (non-hydrogen) atoms. The van der Waals surface area contributed by atoms with Crippen molar-refractivity contribution in [2.45, 2.75) is 31.5 Å². The van der Waals surface area contributed by atoms with Gasteiger partial charge in [-0.1, -0.05) is 42.5 Å². The third-order valence-corrected chi connectivity index (χ3v) is 5.66. The van der Waals surface area contributed by atoms with Gasteiger partial charge in [0.1, 0.15) is 11.9 Å². The Morgan fingerprint density at radius 3 is 2.60 bits per heavy atom. The van der Waals surface area contributed by atoms with E-state index in [-0.39, 0.29) is 11.9 Å². The van der Waals surface area contributed by atoms with Crippen molar-refractivity contribution in [3.05, 3.63) is 83.8 Å². The zero-order valence-electron chi connectivity index (χ0n) is 16.7. The lowest BCUT2D eigenvalue weighted by atomic mass is 10.0. The molecule has 0 radical (unpaired) electrons. The van der Waals surface area contributed by atoms with Crippen molar-refractivity contribution in [2.75, 3.05) is 7.11 Å². The van der Waals surface area contributed by atoms with Gasteiger partial charge in [-0.15, -0.1) is 0 Å². The van der Waals surface area contributed by atoms with Crippen molar-refractivity contribution < 1.29 is 19.0 Å². The molecule has 2 heterocycles. The molecule has 1 fully saturated rings. The SMILES string of the molecule is COc1ncccc1-c1ccc(CN2[C@@H](c3ccccc3F)CC[C@H]2C(=O)O)cc1. The number of carboxylic acids is 1. The number of carbonyl (C=O) groups is 1. The minimum absolute atomic E-state index is 0.259. The summed E-state index contributed by atoms with van der Waals surface area (Å²) in [5.74, 6) is -0.613. The molecule has 2 aromatic carbocycles. The van der Waals surface area contributed by atoms with E-state index in [1.54, 1.807) is 31.5 Å². The van der Waals surface area contributed by atoms with Crippen molar-refractivity contribution in [1.82, 2.24) is 9.88 Å². The van der Waals surface area contributed by atoms with Crippen LogP contribution in [0, 0.1) is 5.82 Å². The van der Waals surface area contributed by atoms with E-state index in [2.05, 4.69) is 4.98 Å². The number of carboxylic acid groups (broad SMARTS) is 1. The standard InChI is InChI=1S/C24H23FN2O3/c1-30-23-18(6-4-14-26-23)17-10-8-16(9-11-17)15-27-21(12-13-22(27)24(28)29)19-5-2-3-7-20(19)25/h2-11,14,21-22H,12-13,15H2,1H3,(H,28,29)/t21-,22+/m1/s1. The first-order chi connectivity index (χ1) is 14.6. The Morgan fingerprint density at radius 1 is 1.13 bits per heavy atom. The first-order valence-corrected chi connectivity index (χ1v) is 9.89. The van der Waals surface area contributed by atoms with E-state index < -0.39 is 12.0 Å². The molecule has 3 aromatic rings. The number of likely N-dealkylation sites (tertiary alicyclic amines) is 1. The Morgan fingerprint density at radius 2 is 1.90 bits per heavy atom. The van der Waals surface area contributed by atoms with Crippen LogP contribution in [0.1, 0.15) is 30.0 Å². The highest BCUT2D eigenvalue weighted by Gasteiger charge is 2.39. The molecule has 6 heteroatoms. The second-order valence-electron chi connectivity index (χ2n) is 7.40. The van der Waals surface area contributed by atoms with Crippen LogP contribution in [-0.2, 0) is 11.3 Å². The van der Waals surface area contributed by atoms with Gasteiger partial charge < -0.3 is 9.84 Å². The smallest absolute Gasteiger partial charge is 0.320 e. The van der Waals surface area contributed by atoms with E-state index in [4.69, 9.17) is 4.74 Å². The predicted molar refractivity (Wildman–Crippen MR) is 112 cm³/mol. The molecule has 0 aliphatic carbocycles. The summed E-state index contributed by atoms with van der Waals surface area (Å²) in [6, 6.07) is 17.4. The fourth-order valence-corrected chi connectivity index (χ4v) is 4.20. The van der Waals surface area contributed by atoms with Crippen molar-refractivity contribution >= 4 is 5.97 Å². The number of aliphatic carboxylic acids is 1. The Bertz CT molecular complexity index is 1040. The summed E-state index contributed by atoms with van der Waals surface area (Å²) >= 11 is 0. The minimum atomic E-state index is -0.870. The molecule has 4 rings (SSSR count). The van der Waals surface area contributed by atoms with Crippen LogP contribution in [0.15, 0.2) is 66.9 Å². The number of hydrogen-bond acceptors (Lipinski definition) is 4. The summed E-state index contributed by atoms with van der Waals surface area (Å²) in [4.78, 5) is 17.9. The molecule has 0 bridgehead atoms. The van der Waals surface area contributed by atoms with Crippen molar-refractivity contribution in [3.8, 4) is 17.0 Å². The minimum Gasteiger partial charge on any atom is -0.481 e. The van der Waals surface area contributed by atoms with E-state index >= 15 is 0 Å². The highest BCUT2D eigenvalue weighted by Crippen LogP contribution is 2.38. The van der Waals surface area contributed by atoms with Gasteiger partial charge in [-0.25, -0.2) is 9.37 Å². The molecular formula is C24H23FN2O3. The second kappa shape index (κ2) is 8.63. The van der Waals surface area contributed by atoms with Gasteiger partial charge in [0.05, 0.1) is 7.11 Å². The maximum atomic E-state index is 14.4. The molecule has 0 saturated carbocycles. The average Bonchev–Trinajstić information content (AvgIpc) is 3.18. The number of ether oxygens (including phenoxy) is 1. The molecule has 154 valence electrons. The molecule has 0 spiro atoms. The van der Waals surface area contributed by atoms with Crippen LogP contribution < -0.4 is 4.74 Å². The lowest BCUT2D eigenvalue weighted by Crippen LogP contribution is -2.37. The maximum Gasteiger partial charge on any atom is 0.320 e. The molecule has 1 saturated heterocycles. The highest BCUT2D eigenvalue weighted by atomic mass is 19.1. The van der Waals surface area contributed by atoms with Gasteiger partial charge in [-0.2, -0.15) is 0 Å². The van der Waals surface area contributed by atoms with Crippen LogP contribution >= 0.6 is 0 Å². The van der Waals surface area contributed by atoms with Crippen LogP contribution in [-0.4, -0.2) is 34.1 Å². The van der Waals surface area contributed by atoms with E-state index in [1.807, 2.05) is 41.3 Å². The van der Waals surface area contributed by atoms with Crippen molar-refractivity contribution in [3.63, 3.8) is 0 Å². The zero-order chi connectivity index (χ0) is 21.1. The normalized spacial score (nSPS) is 19.0. The number of methoxy groups -OCH3 is 1. The predicted octanol–water partition coefficient (Wildman–Crippen LogP) is 4.69. The van der Waals surface area contributed by atoms with Gasteiger partial charge in [-0.3, -0.25) is 9.69 Å². The van der Waals surface area contributed by atoms with Gasteiger partial charge in [0.15, 0.2) is 0 Å². The molecule has 0 amide bonds. The van der Waals surface area contributed by atoms with E-state index in [1.165, 1.54) is 6.07 Å². The molecule has 1 aliphatic heterocycles. The number of pyridine rings is 1. The lowest BCUT2D eigenvalue weighted by Gasteiger charge is -2.28. The average molecular weight is 406 g/mol. The van der Waals surface area contributed by atoms with Gasteiger partial charge in [0.25, 0.3) is 0 Å². The summed E-state index contributed by atoms with van der Waals surface area (Å²) in [5.41, 5.74) is 3.37. The number of aromatic nitrogens is 1. The summed E-state index contributed by atoms with van der Waals surface area (Å²) in [5, 5.41) is 9.69. The first kappa shape index (κ1) is 20.0. The number of rotatable bonds is 6. The summed E-state index contributed by atoms with van der Waals surface area (Å²) < 4.78 is 19.7. The number of benzene rings is 2. The van der Waals surface area contributed by atoms with Gasteiger partial charge >= 0.3 is 5.97 Å². The molecule has 2 atom stereocenters. The van der Waals surface area contributed by atoms with Gasteiger partial charge in [0, 0.05) is 29.9 Å². The lowest BCUT2D eigenvalue weighted by molar-refractivity contribution is -0.142. The molecule has 1 aromatic heterocycles. The van der Waals surface area contributed by atoms with E-state index in [0.29, 0.717) is 30.8 Å². The number of hydrogen-bond donors (Lipinski definition) is 1. The number of halogens is 1. The molecule has 1 N–H and O–H groups in total. The van der Waals surface area contributed by atoms with Crippen LogP contribution in [0.25, 0.3) is 11.1 Å². The highest BCUT2D eigenvalue weighted by molar-refractivity contribution is 5.74. The van der Waals surface area contributed by atoms with Gasteiger partial charge in [-0.05, 0) is 42.2 Å². The van der Waals surface area contributed by atoms with Crippen LogP contribution in [0.3, 0.4) is 0 Å². The van der Waals surface area contributed by atoms with Crippen molar-refractivity contribution in [2.24, 2.45) is 0 Å². The molecule has 0 unspecified atom stereocenters. The third kappa shape index (κ3) is 3.91. The summed E-state index contributed by atoms with van der Waals surface area (Å²) in [7, 11) is 1.59. The fraction of sp³-hybridized carbons (Fsp3) is 0.250. The van der Waals surface area contributed by atoms with Crippen LogP contribution in [0.5, 0.6) is 5.88 Å². The second-order valence-corrected chi connectivity index (χ2v) is 7.40. The maximum absolute atomic E-state index is 14.4. The zero-order valence-corrected chi connectivity index (χ0v) is 16.7. The topological polar surface area (TPSA) is 62.7 Å². The molecule has 5 nitrogen and oxygen atoms in total. The van der Waals surface area contributed by atoms with Crippen LogP contribution in [0.2, 0.25) is 0 Å².